The second kappa shape index (κ2) is 5.53. The molecule has 3 rings (SSSR count). The number of aryl methyl sites for hydroxylation is 1. The van der Waals surface area contributed by atoms with Crippen molar-refractivity contribution in [3.05, 3.63) is 52.4 Å². The topological polar surface area (TPSA) is 68.6 Å². The zero-order valence-corrected chi connectivity index (χ0v) is 12.1. The zero-order chi connectivity index (χ0) is 14.8. The highest BCUT2D eigenvalue weighted by Gasteiger charge is 2.08. The summed E-state index contributed by atoms with van der Waals surface area (Å²) in [6, 6.07) is 7.41. The quantitative estimate of drug-likeness (QED) is 0.698. The fourth-order valence-corrected chi connectivity index (χ4v) is 2.23. The number of aromatic nitrogens is 4. The third-order valence-electron chi connectivity index (χ3n) is 3.29. The summed E-state index contributed by atoms with van der Waals surface area (Å²) in [6.45, 7) is 3.79. The first-order valence-electron chi connectivity index (χ1n) is 6.78. The van der Waals surface area contributed by atoms with Crippen LogP contribution in [0.1, 0.15) is 11.5 Å². The van der Waals surface area contributed by atoms with Crippen LogP contribution in [0.3, 0.4) is 0 Å². The minimum Gasteiger partial charge on any atom is -0.361 e. The van der Waals surface area contributed by atoms with Gasteiger partial charge in [-0.15, -0.1) is 5.10 Å². The molecule has 0 atom stereocenters. The van der Waals surface area contributed by atoms with Crippen LogP contribution in [0.15, 0.2) is 39.8 Å². The molecule has 0 saturated carbocycles. The van der Waals surface area contributed by atoms with Crippen LogP contribution in [0, 0.1) is 6.92 Å². The van der Waals surface area contributed by atoms with Crippen LogP contribution in [-0.4, -0.2) is 37.8 Å². The van der Waals surface area contributed by atoms with Crippen molar-refractivity contribution in [3.63, 3.8) is 0 Å². The average Bonchev–Trinajstić information content (AvgIpc) is 3.01. The molecule has 3 aromatic heterocycles. The second-order valence-electron chi connectivity index (χ2n) is 5.10. The molecular formula is C14H17N5O2. The maximum atomic E-state index is 12.1. The molecule has 0 aliphatic rings. The molecule has 0 aromatic carbocycles. The number of likely N-dealkylation sites (N-methyl/N-ethyl adjacent to an activating group) is 1. The van der Waals surface area contributed by atoms with Gasteiger partial charge in [-0.3, -0.25) is 9.30 Å². The van der Waals surface area contributed by atoms with Gasteiger partial charge in [0.05, 0.1) is 12.2 Å². The van der Waals surface area contributed by atoms with Crippen LogP contribution >= 0.6 is 0 Å². The number of pyridine rings is 1. The Balaban J connectivity index is 1.66. The van der Waals surface area contributed by atoms with Gasteiger partial charge in [-0.25, -0.2) is 9.48 Å². The highest BCUT2D eigenvalue weighted by molar-refractivity contribution is 5.35. The Hall–Kier alpha value is -2.41. The van der Waals surface area contributed by atoms with E-state index >= 15 is 0 Å². The number of hydrogen-bond acceptors (Lipinski definition) is 5. The van der Waals surface area contributed by atoms with Gasteiger partial charge in [0.2, 0.25) is 0 Å². The summed E-state index contributed by atoms with van der Waals surface area (Å²) in [6.07, 6.45) is 1.73. The highest BCUT2D eigenvalue weighted by atomic mass is 16.5. The van der Waals surface area contributed by atoms with Crippen molar-refractivity contribution in [1.82, 2.24) is 24.2 Å². The zero-order valence-electron chi connectivity index (χ0n) is 12.1. The van der Waals surface area contributed by atoms with E-state index < -0.39 is 0 Å². The second-order valence-corrected chi connectivity index (χ2v) is 5.10. The molecule has 7 heteroatoms. The molecule has 3 aromatic rings. The Morgan fingerprint density at radius 2 is 2.24 bits per heavy atom. The van der Waals surface area contributed by atoms with Gasteiger partial charge in [-0.2, -0.15) is 0 Å². The molecule has 3 heterocycles. The van der Waals surface area contributed by atoms with Crippen LogP contribution in [0.2, 0.25) is 0 Å². The van der Waals surface area contributed by atoms with Crippen molar-refractivity contribution in [3.8, 4) is 0 Å². The molecule has 0 N–H and O–H groups in total. The molecule has 0 saturated heterocycles. The van der Waals surface area contributed by atoms with Gasteiger partial charge in [0.15, 0.2) is 5.65 Å². The van der Waals surface area contributed by atoms with E-state index in [2.05, 4.69) is 15.2 Å². The van der Waals surface area contributed by atoms with E-state index in [-0.39, 0.29) is 5.69 Å². The highest BCUT2D eigenvalue weighted by Crippen LogP contribution is 2.04. The number of rotatable bonds is 5. The molecule has 0 unspecified atom stereocenters. The van der Waals surface area contributed by atoms with Crippen LogP contribution < -0.4 is 5.69 Å². The largest absolute Gasteiger partial charge is 0.361 e. The smallest absolute Gasteiger partial charge is 0.350 e. The Kier molecular flexibility index (Phi) is 3.57. The van der Waals surface area contributed by atoms with Gasteiger partial charge in [0.1, 0.15) is 5.76 Å². The molecule has 0 amide bonds. The standard InChI is InChI=1S/C14H17N5O2/c1-11-9-12(16-21-11)10-17(2)7-8-19-14(20)18-6-4-3-5-13(18)15-19/h3-6,9H,7-8,10H2,1-2H3. The van der Waals surface area contributed by atoms with Crippen molar-refractivity contribution in [1.29, 1.82) is 0 Å². The van der Waals surface area contributed by atoms with E-state index in [0.29, 0.717) is 25.3 Å². The van der Waals surface area contributed by atoms with Crippen LogP contribution in [0.5, 0.6) is 0 Å². The molecule has 0 radical (unpaired) electrons. The van der Waals surface area contributed by atoms with Gasteiger partial charge in [-0.1, -0.05) is 11.2 Å². The fourth-order valence-electron chi connectivity index (χ4n) is 2.23. The van der Waals surface area contributed by atoms with Crippen molar-refractivity contribution >= 4 is 5.65 Å². The summed E-state index contributed by atoms with van der Waals surface area (Å²) in [5.74, 6) is 0.801. The molecule has 0 aliphatic heterocycles. The van der Waals surface area contributed by atoms with Crippen molar-refractivity contribution < 1.29 is 4.52 Å². The average molecular weight is 287 g/mol. The lowest BCUT2D eigenvalue weighted by Crippen LogP contribution is -2.28. The molecule has 7 nitrogen and oxygen atoms in total. The van der Waals surface area contributed by atoms with Gasteiger partial charge in [-0.05, 0) is 26.1 Å². The number of fused-ring (bicyclic) bond motifs is 1. The van der Waals surface area contributed by atoms with Gasteiger partial charge in [0, 0.05) is 25.4 Å². The number of nitrogens with zero attached hydrogens (tertiary/aromatic N) is 5. The first-order valence-corrected chi connectivity index (χ1v) is 6.78. The third-order valence-corrected chi connectivity index (χ3v) is 3.29. The predicted octanol–water partition coefficient (Wildman–Crippen LogP) is 0.924. The minimum atomic E-state index is -0.115. The normalized spacial score (nSPS) is 11.6. The van der Waals surface area contributed by atoms with E-state index in [1.54, 1.807) is 10.6 Å². The third kappa shape index (κ3) is 2.87. The molecule has 0 bridgehead atoms. The maximum absolute atomic E-state index is 12.1. The summed E-state index contributed by atoms with van der Waals surface area (Å²) >= 11 is 0. The van der Waals surface area contributed by atoms with Crippen LogP contribution in [-0.2, 0) is 13.1 Å². The Morgan fingerprint density at radius 1 is 1.38 bits per heavy atom. The monoisotopic (exact) mass is 287 g/mol. The Bertz CT molecular complexity index is 801. The van der Waals surface area contributed by atoms with E-state index in [1.165, 1.54) is 4.68 Å². The Labute approximate surface area is 121 Å². The molecule has 0 aliphatic carbocycles. The van der Waals surface area contributed by atoms with Crippen molar-refractivity contribution in [2.75, 3.05) is 13.6 Å². The first kappa shape index (κ1) is 13.6. The van der Waals surface area contributed by atoms with E-state index in [4.69, 9.17) is 4.52 Å². The summed E-state index contributed by atoms with van der Waals surface area (Å²) in [5.41, 5.74) is 1.44. The lowest BCUT2D eigenvalue weighted by atomic mass is 10.3. The minimum absolute atomic E-state index is 0.115. The van der Waals surface area contributed by atoms with Crippen LogP contribution in [0.25, 0.3) is 5.65 Å². The molecular weight excluding hydrogens is 270 g/mol. The lowest BCUT2D eigenvalue weighted by Gasteiger charge is -2.13. The summed E-state index contributed by atoms with van der Waals surface area (Å²) in [5, 5.41) is 8.26. The van der Waals surface area contributed by atoms with Gasteiger partial charge < -0.3 is 4.52 Å². The molecule has 0 fully saturated rings. The first-order chi connectivity index (χ1) is 10.1. The SMILES string of the molecule is Cc1cc(CN(C)CCn2nc3ccccn3c2=O)no1. The molecule has 0 spiro atoms. The van der Waals surface area contributed by atoms with E-state index in [9.17, 15) is 4.79 Å². The molecule has 21 heavy (non-hydrogen) atoms. The predicted molar refractivity (Wildman–Crippen MR) is 77.0 cm³/mol. The summed E-state index contributed by atoms with van der Waals surface area (Å²) < 4.78 is 8.07. The van der Waals surface area contributed by atoms with Crippen LogP contribution in [0.4, 0.5) is 0 Å². The lowest BCUT2D eigenvalue weighted by molar-refractivity contribution is 0.290. The fraction of sp³-hybridized carbons (Fsp3) is 0.357. The van der Waals surface area contributed by atoms with Crippen molar-refractivity contribution in [2.24, 2.45) is 0 Å². The Morgan fingerprint density at radius 3 is 2.95 bits per heavy atom. The molecule has 110 valence electrons. The van der Waals surface area contributed by atoms with Crippen molar-refractivity contribution in [2.45, 2.75) is 20.0 Å². The summed E-state index contributed by atoms with van der Waals surface area (Å²) in [7, 11) is 1.98. The van der Waals surface area contributed by atoms with Gasteiger partial charge >= 0.3 is 5.69 Å². The maximum Gasteiger partial charge on any atom is 0.350 e. The van der Waals surface area contributed by atoms with E-state index in [0.717, 1.165) is 11.5 Å². The summed E-state index contributed by atoms with van der Waals surface area (Å²) in [4.78, 5) is 14.2. The van der Waals surface area contributed by atoms with E-state index in [1.807, 2.05) is 38.2 Å². The van der Waals surface area contributed by atoms with Gasteiger partial charge in [0.25, 0.3) is 0 Å². The number of hydrogen-bond donors (Lipinski definition) is 0.